The van der Waals surface area contributed by atoms with Crippen molar-refractivity contribution in [3.8, 4) is 5.75 Å². The van der Waals surface area contributed by atoms with Gasteiger partial charge in [0.2, 0.25) is 0 Å². The fraction of sp³-hybridized carbons (Fsp3) is 0.261. The third-order valence-electron chi connectivity index (χ3n) is 5.06. The molecule has 0 unspecified atom stereocenters. The van der Waals surface area contributed by atoms with Crippen molar-refractivity contribution < 1.29 is 27.1 Å². The monoisotopic (exact) mass is 490 g/mol. The van der Waals surface area contributed by atoms with Gasteiger partial charge in [0.15, 0.2) is 0 Å². The highest BCUT2D eigenvalue weighted by Gasteiger charge is 2.27. The van der Waals surface area contributed by atoms with E-state index in [-0.39, 0.29) is 29.1 Å². The fourth-order valence-electron chi connectivity index (χ4n) is 3.29. The van der Waals surface area contributed by atoms with Gasteiger partial charge >= 0.3 is 0 Å². The van der Waals surface area contributed by atoms with Gasteiger partial charge in [0.1, 0.15) is 22.4 Å². The molecule has 33 heavy (non-hydrogen) atoms. The number of nitrogens with one attached hydrogen (secondary N) is 1. The van der Waals surface area contributed by atoms with Gasteiger partial charge in [0.25, 0.3) is 15.9 Å². The Morgan fingerprint density at radius 3 is 2.55 bits per heavy atom. The molecule has 1 aliphatic rings. The standard InChI is InChI=1S/C23H23FN2O5S2/c24-18-7-5-17(6-8-18)16-31-21-4-2-1-3-20(21)23(27)25-15-19-9-10-22(32-19)33(28,29)26-11-13-30-14-12-26/h1-10H,11-16H2,(H,25,27). The number of ether oxygens (including phenoxy) is 2. The third-order valence-corrected chi connectivity index (χ3v) is 8.51. The smallest absolute Gasteiger partial charge is 0.255 e. The predicted octanol–water partition coefficient (Wildman–Crippen LogP) is 3.42. The molecule has 174 valence electrons. The van der Waals surface area contributed by atoms with Crippen molar-refractivity contribution >= 4 is 27.3 Å². The first-order valence-corrected chi connectivity index (χ1v) is 12.6. The Bertz CT molecular complexity index is 1210. The molecule has 0 radical (unpaired) electrons. The largest absolute Gasteiger partial charge is 0.488 e. The van der Waals surface area contributed by atoms with E-state index in [1.54, 1.807) is 48.5 Å². The Balaban J connectivity index is 1.38. The molecule has 4 rings (SSSR count). The zero-order valence-electron chi connectivity index (χ0n) is 17.7. The molecule has 1 saturated heterocycles. The molecular weight excluding hydrogens is 467 g/mol. The van der Waals surface area contributed by atoms with Gasteiger partial charge in [-0.3, -0.25) is 4.79 Å². The van der Waals surface area contributed by atoms with Gasteiger partial charge in [-0.05, 0) is 42.0 Å². The van der Waals surface area contributed by atoms with Crippen molar-refractivity contribution in [2.75, 3.05) is 26.3 Å². The molecule has 3 aromatic rings. The number of carbonyl (C=O) groups is 1. The molecule has 2 heterocycles. The second-order valence-electron chi connectivity index (χ2n) is 7.33. The second-order valence-corrected chi connectivity index (χ2v) is 10.7. The highest BCUT2D eigenvalue weighted by atomic mass is 32.2. The van der Waals surface area contributed by atoms with E-state index in [0.29, 0.717) is 37.6 Å². The summed E-state index contributed by atoms with van der Waals surface area (Å²) in [5, 5.41) is 2.82. The molecule has 10 heteroatoms. The van der Waals surface area contributed by atoms with Gasteiger partial charge in [0, 0.05) is 18.0 Å². The van der Waals surface area contributed by atoms with Gasteiger partial charge < -0.3 is 14.8 Å². The summed E-state index contributed by atoms with van der Waals surface area (Å²) in [7, 11) is -3.56. The second kappa shape index (κ2) is 10.4. The lowest BCUT2D eigenvalue weighted by atomic mass is 10.2. The van der Waals surface area contributed by atoms with Gasteiger partial charge in [0.05, 0.1) is 25.3 Å². The number of benzene rings is 2. The summed E-state index contributed by atoms with van der Waals surface area (Å²) in [6.45, 7) is 1.82. The summed E-state index contributed by atoms with van der Waals surface area (Å²) in [5.41, 5.74) is 1.14. The number of para-hydroxylation sites is 1. The number of rotatable bonds is 8. The Kier molecular flexibility index (Phi) is 7.39. The van der Waals surface area contributed by atoms with Crippen LogP contribution in [0.3, 0.4) is 0 Å². The van der Waals surface area contributed by atoms with Crippen molar-refractivity contribution in [3.05, 3.63) is 82.5 Å². The molecule has 0 atom stereocenters. The number of hydrogen-bond donors (Lipinski definition) is 1. The normalized spacial score (nSPS) is 14.7. The van der Waals surface area contributed by atoms with Crippen molar-refractivity contribution in [3.63, 3.8) is 0 Å². The van der Waals surface area contributed by atoms with Crippen LogP contribution in [-0.4, -0.2) is 44.9 Å². The Morgan fingerprint density at radius 2 is 1.79 bits per heavy atom. The molecule has 0 spiro atoms. The quantitative estimate of drug-likeness (QED) is 0.523. The average Bonchev–Trinajstić information content (AvgIpc) is 3.33. The highest BCUT2D eigenvalue weighted by Crippen LogP contribution is 2.26. The van der Waals surface area contributed by atoms with Gasteiger partial charge in [-0.25, -0.2) is 12.8 Å². The molecule has 2 aromatic carbocycles. The molecule has 1 amide bonds. The minimum atomic E-state index is -3.56. The Morgan fingerprint density at radius 1 is 1.06 bits per heavy atom. The van der Waals surface area contributed by atoms with Crippen molar-refractivity contribution in [1.82, 2.24) is 9.62 Å². The molecule has 7 nitrogen and oxygen atoms in total. The lowest BCUT2D eigenvalue weighted by molar-refractivity contribution is 0.0731. The topological polar surface area (TPSA) is 84.9 Å². The fourth-order valence-corrected chi connectivity index (χ4v) is 6.15. The van der Waals surface area contributed by atoms with Crippen molar-refractivity contribution in [2.45, 2.75) is 17.4 Å². The van der Waals surface area contributed by atoms with Gasteiger partial charge in [-0.15, -0.1) is 11.3 Å². The lowest BCUT2D eigenvalue weighted by Crippen LogP contribution is -2.40. The number of sulfonamides is 1. The van der Waals surface area contributed by atoms with Crippen LogP contribution in [0.25, 0.3) is 0 Å². The minimum absolute atomic E-state index is 0.189. The van der Waals surface area contributed by atoms with Crippen LogP contribution in [0, 0.1) is 5.82 Å². The van der Waals surface area contributed by atoms with Crippen LogP contribution in [0.15, 0.2) is 64.9 Å². The number of thiophene rings is 1. The number of amides is 1. The highest BCUT2D eigenvalue weighted by molar-refractivity contribution is 7.91. The maximum absolute atomic E-state index is 13.1. The number of morpholine rings is 1. The summed E-state index contributed by atoms with van der Waals surface area (Å²) in [4.78, 5) is 13.5. The predicted molar refractivity (Wildman–Crippen MR) is 122 cm³/mol. The molecule has 0 bridgehead atoms. The summed E-state index contributed by atoms with van der Waals surface area (Å²) >= 11 is 1.14. The SMILES string of the molecule is O=C(NCc1ccc(S(=O)(=O)N2CCOCC2)s1)c1ccccc1OCc1ccc(F)cc1. The van der Waals surface area contributed by atoms with E-state index in [4.69, 9.17) is 9.47 Å². The first kappa shape index (κ1) is 23.4. The molecule has 1 aromatic heterocycles. The van der Waals surface area contributed by atoms with Crippen LogP contribution in [-0.2, 0) is 27.9 Å². The van der Waals surface area contributed by atoms with Crippen LogP contribution < -0.4 is 10.1 Å². The Labute approximate surface area is 195 Å². The van der Waals surface area contributed by atoms with E-state index in [9.17, 15) is 17.6 Å². The minimum Gasteiger partial charge on any atom is -0.488 e. The van der Waals surface area contributed by atoms with Gasteiger partial charge in [-0.2, -0.15) is 4.31 Å². The first-order valence-electron chi connectivity index (χ1n) is 10.3. The van der Waals surface area contributed by atoms with Crippen LogP contribution in [0.5, 0.6) is 5.75 Å². The zero-order chi connectivity index (χ0) is 23.3. The van der Waals surface area contributed by atoms with Crippen molar-refractivity contribution in [2.24, 2.45) is 0 Å². The third kappa shape index (κ3) is 5.77. The van der Waals surface area contributed by atoms with Crippen LogP contribution >= 0.6 is 11.3 Å². The van der Waals surface area contributed by atoms with Crippen molar-refractivity contribution in [1.29, 1.82) is 0 Å². The first-order chi connectivity index (χ1) is 15.9. The summed E-state index contributed by atoms with van der Waals surface area (Å²) in [5.74, 6) is -0.259. The van der Waals surface area contributed by atoms with Gasteiger partial charge in [-0.1, -0.05) is 24.3 Å². The number of hydrogen-bond acceptors (Lipinski definition) is 6. The van der Waals surface area contributed by atoms with E-state index in [0.717, 1.165) is 21.8 Å². The van der Waals surface area contributed by atoms with E-state index < -0.39 is 10.0 Å². The van der Waals surface area contributed by atoms with E-state index in [2.05, 4.69) is 5.32 Å². The van der Waals surface area contributed by atoms with Crippen LogP contribution in [0.4, 0.5) is 4.39 Å². The molecule has 1 N–H and O–H groups in total. The summed E-state index contributed by atoms with van der Waals surface area (Å²) in [6.07, 6.45) is 0. The average molecular weight is 491 g/mol. The zero-order valence-corrected chi connectivity index (χ0v) is 19.3. The Hall–Kier alpha value is -2.79. The molecule has 0 saturated carbocycles. The molecular formula is C23H23FN2O5S2. The number of nitrogens with zero attached hydrogens (tertiary/aromatic N) is 1. The van der Waals surface area contributed by atoms with E-state index >= 15 is 0 Å². The van der Waals surface area contributed by atoms with Crippen LogP contribution in [0.2, 0.25) is 0 Å². The molecule has 1 aliphatic heterocycles. The summed E-state index contributed by atoms with van der Waals surface area (Å²) in [6, 6.07) is 16.1. The maximum Gasteiger partial charge on any atom is 0.255 e. The van der Waals surface area contributed by atoms with E-state index in [1.807, 2.05) is 0 Å². The number of halogens is 1. The summed E-state index contributed by atoms with van der Waals surface area (Å²) < 4.78 is 51.3. The lowest BCUT2D eigenvalue weighted by Gasteiger charge is -2.25. The molecule has 1 fully saturated rings. The van der Waals surface area contributed by atoms with Crippen LogP contribution in [0.1, 0.15) is 20.8 Å². The maximum atomic E-state index is 13.1. The number of carbonyl (C=O) groups excluding carboxylic acids is 1. The van der Waals surface area contributed by atoms with E-state index in [1.165, 1.54) is 16.4 Å². The molecule has 0 aliphatic carbocycles.